The highest BCUT2D eigenvalue weighted by molar-refractivity contribution is 6.30. The molecule has 0 radical (unpaired) electrons. The molecular formula is C15H22ClN. The molecule has 1 fully saturated rings. The van der Waals surface area contributed by atoms with E-state index in [2.05, 4.69) is 32.9 Å². The van der Waals surface area contributed by atoms with Gasteiger partial charge in [0, 0.05) is 16.5 Å². The molecule has 1 unspecified atom stereocenters. The molecule has 1 atom stereocenters. The molecule has 1 nitrogen and oxygen atoms in total. The average Bonchev–Trinajstić information content (AvgIpc) is 2.18. The fourth-order valence-electron chi connectivity index (χ4n) is 3.04. The van der Waals surface area contributed by atoms with Gasteiger partial charge < -0.3 is 5.73 Å². The van der Waals surface area contributed by atoms with Gasteiger partial charge in [0.1, 0.15) is 0 Å². The van der Waals surface area contributed by atoms with Crippen molar-refractivity contribution in [2.75, 3.05) is 0 Å². The summed E-state index contributed by atoms with van der Waals surface area (Å²) in [7, 11) is 0. The van der Waals surface area contributed by atoms with E-state index < -0.39 is 0 Å². The zero-order valence-electron chi connectivity index (χ0n) is 11.0. The predicted octanol–water partition coefficient (Wildman–Crippen LogP) is 4.14. The molecule has 0 saturated heterocycles. The van der Waals surface area contributed by atoms with Crippen molar-refractivity contribution in [2.24, 2.45) is 11.1 Å². The van der Waals surface area contributed by atoms with Crippen molar-refractivity contribution in [3.63, 3.8) is 0 Å². The van der Waals surface area contributed by atoms with E-state index in [-0.39, 0.29) is 16.9 Å². The van der Waals surface area contributed by atoms with Crippen LogP contribution in [0.1, 0.15) is 45.6 Å². The summed E-state index contributed by atoms with van der Waals surface area (Å²) in [5.41, 5.74) is 7.97. The Labute approximate surface area is 109 Å². The molecule has 1 aromatic rings. The van der Waals surface area contributed by atoms with Gasteiger partial charge >= 0.3 is 0 Å². The smallest absolute Gasteiger partial charge is 0.0406 e. The van der Waals surface area contributed by atoms with Crippen LogP contribution >= 0.6 is 11.6 Å². The van der Waals surface area contributed by atoms with Gasteiger partial charge in [-0.1, -0.05) is 44.0 Å². The molecule has 0 spiro atoms. The third kappa shape index (κ3) is 1.90. The summed E-state index contributed by atoms with van der Waals surface area (Å²) < 4.78 is 0. The first kappa shape index (κ1) is 12.9. The van der Waals surface area contributed by atoms with Crippen molar-refractivity contribution in [2.45, 2.75) is 51.5 Å². The van der Waals surface area contributed by atoms with E-state index in [1.54, 1.807) is 0 Å². The summed E-state index contributed by atoms with van der Waals surface area (Å²) in [6.45, 7) is 6.72. The van der Waals surface area contributed by atoms with Gasteiger partial charge in [-0.05, 0) is 42.9 Å². The maximum atomic E-state index is 6.21. The topological polar surface area (TPSA) is 26.0 Å². The zero-order valence-corrected chi connectivity index (χ0v) is 11.7. The van der Waals surface area contributed by atoms with Crippen LogP contribution in [0.25, 0.3) is 0 Å². The van der Waals surface area contributed by atoms with Crippen LogP contribution in [-0.4, -0.2) is 6.04 Å². The van der Waals surface area contributed by atoms with Gasteiger partial charge in [-0.25, -0.2) is 0 Å². The van der Waals surface area contributed by atoms with E-state index in [0.29, 0.717) is 0 Å². The Morgan fingerprint density at radius 3 is 2.12 bits per heavy atom. The monoisotopic (exact) mass is 251 g/mol. The Morgan fingerprint density at radius 1 is 1.24 bits per heavy atom. The van der Waals surface area contributed by atoms with Crippen LogP contribution in [0.4, 0.5) is 0 Å². The Morgan fingerprint density at radius 2 is 1.76 bits per heavy atom. The van der Waals surface area contributed by atoms with E-state index in [1.807, 2.05) is 12.1 Å². The second-order valence-corrected chi connectivity index (χ2v) is 6.39. The van der Waals surface area contributed by atoms with Crippen molar-refractivity contribution in [3.8, 4) is 0 Å². The summed E-state index contributed by atoms with van der Waals surface area (Å²) in [5.74, 6) is 0. The molecule has 0 aliphatic heterocycles. The molecule has 17 heavy (non-hydrogen) atoms. The van der Waals surface area contributed by atoms with Gasteiger partial charge in [0.05, 0.1) is 0 Å². The third-order valence-corrected chi connectivity index (χ3v) is 5.23. The average molecular weight is 252 g/mol. The Kier molecular flexibility index (Phi) is 3.26. The number of nitrogens with two attached hydrogens (primary N) is 1. The first-order valence-corrected chi connectivity index (χ1v) is 6.79. The number of benzene rings is 1. The van der Waals surface area contributed by atoms with Crippen molar-refractivity contribution in [1.29, 1.82) is 0 Å². The molecule has 0 bridgehead atoms. The Hall–Kier alpha value is -0.530. The van der Waals surface area contributed by atoms with E-state index in [4.69, 9.17) is 17.3 Å². The largest absolute Gasteiger partial charge is 0.327 e. The molecule has 1 aromatic carbocycles. The summed E-state index contributed by atoms with van der Waals surface area (Å²) >= 11 is 5.98. The maximum absolute atomic E-state index is 6.21. The fraction of sp³-hybridized carbons (Fsp3) is 0.600. The van der Waals surface area contributed by atoms with E-state index in [9.17, 15) is 0 Å². The molecule has 1 saturated carbocycles. The molecule has 1 aliphatic carbocycles. The van der Waals surface area contributed by atoms with Gasteiger partial charge in [0.2, 0.25) is 0 Å². The van der Waals surface area contributed by atoms with Crippen LogP contribution in [0.15, 0.2) is 24.3 Å². The van der Waals surface area contributed by atoms with Gasteiger partial charge in [-0.3, -0.25) is 0 Å². The summed E-state index contributed by atoms with van der Waals surface area (Å²) in [6.07, 6.45) is 3.78. The lowest BCUT2D eigenvalue weighted by Crippen LogP contribution is -2.55. The molecular weight excluding hydrogens is 230 g/mol. The van der Waals surface area contributed by atoms with Crippen molar-refractivity contribution in [3.05, 3.63) is 34.9 Å². The van der Waals surface area contributed by atoms with Crippen molar-refractivity contribution < 1.29 is 0 Å². The highest BCUT2D eigenvalue weighted by atomic mass is 35.5. The molecule has 94 valence electrons. The molecule has 1 aliphatic rings. The quantitative estimate of drug-likeness (QED) is 0.859. The van der Waals surface area contributed by atoms with Gasteiger partial charge in [0.25, 0.3) is 0 Å². The normalized spacial score (nSPS) is 20.8. The highest BCUT2D eigenvalue weighted by Crippen LogP contribution is 2.56. The standard InChI is InChI=1S/C15H22ClN/c1-11(17)14(2,3)15(9-4-10-15)12-5-7-13(16)8-6-12/h5-8,11H,4,9-10,17H2,1-3H3. The van der Waals surface area contributed by atoms with Crippen molar-refractivity contribution >= 4 is 11.6 Å². The molecule has 0 heterocycles. The van der Waals surface area contributed by atoms with Crippen LogP contribution in [0, 0.1) is 5.41 Å². The molecule has 2 heteroatoms. The number of hydrogen-bond acceptors (Lipinski definition) is 1. The van der Waals surface area contributed by atoms with E-state index in [1.165, 1.54) is 24.8 Å². The number of halogens is 1. The van der Waals surface area contributed by atoms with Crippen LogP contribution in [0.5, 0.6) is 0 Å². The lowest BCUT2D eigenvalue weighted by molar-refractivity contribution is 0.0495. The lowest BCUT2D eigenvalue weighted by Gasteiger charge is -2.55. The first-order chi connectivity index (χ1) is 7.90. The minimum atomic E-state index is 0.124. The van der Waals surface area contributed by atoms with Gasteiger partial charge in [-0.15, -0.1) is 0 Å². The Bertz CT molecular complexity index is 388. The Balaban J connectivity index is 2.41. The van der Waals surface area contributed by atoms with Crippen LogP contribution in [0.2, 0.25) is 5.02 Å². The molecule has 0 amide bonds. The zero-order chi connectivity index (χ0) is 12.7. The predicted molar refractivity (Wildman–Crippen MR) is 74.4 cm³/mol. The first-order valence-electron chi connectivity index (χ1n) is 6.42. The summed E-state index contributed by atoms with van der Waals surface area (Å²) in [4.78, 5) is 0. The van der Waals surface area contributed by atoms with Crippen molar-refractivity contribution in [1.82, 2.24) is 0 Å². The fourth-order valence-corrected chi connectivity index (χ4v) is 3.17. The number of hydrogen-bond donors (Lipinski definition) is 1. The molecule has 0 aromatic heterocycles. The molecule has 2 rings (SSSR count). The SMILES string of the molecule is CC(N)C(C)(C)C1(c2ccc(Cl)cc2)CCC1. The van der Waals surface area contributed by atoms with Gasteiger partial charge in [0.15, 0.2) is 0 Å². The van der Waals surface area contributed by atoms with Crippen LogP contribution < -0.4 is 5.73 Å². The minimum Gasteiger partial charge on any atom is -0.327 e. The van der Waals surface area contributed by atoms with E-state index >= 15 is 0 Å². The van der Waals surface area contributed by atoms with Crippen LogP contribution in [0.3, 0.4) is 0 Å². The maximum Gasteiger partial charge on any atom is 0.0406 e. The lowest BCUT2D eigenvalue weighted by atomic mass is 9.49. The second kappa shape index (κ2) is 4.29. The summed E-state index contributed by atoms with van der Waals surface area (Å²) in [5, 5.41) is 0.807. The van der Waals surface area contributed by atoms with Crippen LogP contribution in [-0.2, 0) is 5.41 Å². The minimum absolute atomic E-state index is 0.124. The number of rotatable bonds is 3. The molecule has 2 N–H and O–H groups in total. The third-order valence-electron chi connectivity index (χ3n) is 4.98. The van der Waals surface area contributed by atoms with Gasteiger partial charge in [-0.2, -0.15) is 0 Å². The second-order valence-electron chi connectivity index (χ2n) is 5.95. The summed E-state index contributed by atoms with van der Waals surface area (Å²) in [6, 6.07) is 8.53. The highest BCUT2D eigenvalue weighted by Gasteiger charge is 2.51. The van der Waals surface area contributed by atoms with E-state index in [0.717, 1.165) is 5.02 Å².